The van der Waals surface area contributed by atoms with Crippen molar-refractivity contribution in [1.29, 1.82) is 0 Å². The largest absolute Gasteiger partial charge is 0.508 e. The zero-order valence-electron chi connectivity index (χ0n) is 26.2. The fourth-order valence-corrected chi connectivity index (χ4v) is 4.55. The first-order valence-electron chi connectivity index (χ1n) is 15.0. The van der Waals surface area contributed by atoms with Crippen LogP contribution in [0.25, 0.3) is 0 Å². The van der Waals surface area contributed by atoms with E-state index in [1.807, 2.05) is 45.1 Å². The highest BCUT2D eigenvalue weighted by molar-refractivity contribution is 5.91. The van der Waals surface area contributed by atoms with Crippen molar-refractivity contribution in [2.24, 2.45) is 11.8 Å². The van der Waals surface area contributed by atoms with Crippen LogP contribution in [0.15, 0.2) is 66.3 Å². The lowest BCUT2D eigenvalue weighted by atomic mass is 9.90. The van der Waals surface area contributed by atoms with E-state index >= 15 is 0 Å². The van der Waals surface area contributed by atoms with Crippen LogP contribution >= 0.6 is 0 Å². The van der Waals surface area contributed by atoms with E-state index in [-0.39, 0.29) is 29.9 Å². The summed E-state index contributed by atoms with van der Waals surface area (Å²) in [4.78, 5) is 37.9. The second-order valence-electron chi connectivity index (χ2n) is 11.2. The van der Waals surface area contributed by atoms with Gasteiger partial charge in [0.25, 0.3) is 0 Å². The van der Waals surface area contributed by atoms with E-state index < -0.39 is 36.2 Å². The number of aliphatic hydroxyl groups is 1. The van der Waals surface area contributed by atoms with Gasteiger partial charge in [-0.1, -0.05) is 63.3 Å². The Morgan fingerprint density at radius 1 is 1.14 bits per heavy atom. The van der Waals surface area contributed by atoms with Gasteiger partial charge in [-0.3, -0.25) is 9.59 Å². The number of esters is 1. The van der Waals surface area contributed by atoms with Gasteiger partial charge < -0.3 is 30.3 Å². The van der Waals surface area contributed by atoms with Crippen molar-refractivity contribution in [2.75, 3.05) is 12.4 Å². The minimum atomic E-state index is -0.881. The highest BCUT2D eigenvalue weighted by atomic mass is 16.5. The number of aliphatic hydroxyl groups excluding tert-OH is 1. The molecule has 4 N–H and O–H groups in total. The van der Waals surface area contributed by atoms with E-state index in [1.165, 1.54) is 13.2 Å². The molecule has 2 amide bonds. The Bertz CT molecular complexity index is 1200. The molecule has 1 aromatic rings. The van der Waals surface area contributed by atoms with Crippen LogP contribution in [0, 0.1) is 11.8 Å². The molecule has 0 saturated carbocycles. The fourth-order valence-electron chi connectivity index (χ4n) is 4.55. The summed E-state index contributed by atoms with van der Waals surface area (Å²) in [7, 11) is 1.53. The third-order valence-corrected chi connectivity index (χ3v) is 7.60. The van der Waals surface area contributed by atoms with E-state index in [4.69, 9.17) is 9.47 Å². The lowest BCUT2D eigenvalue weighted by Crippen LogP contribution is -2.44. The number of allylic oxidation sites excluding steroid dienone is 5. The van der Waals surface area contributed by atoms with Gasteiger partial charge in [-0.2, -0.15) is 0 Å². The molecule has 0 radical (unpaired) electrons. The number of hydrogen-bond acceptors (Lipinski definition) is 7. The highest BCUT2D eigenvalue weighted by Gasteiger charge is 2.30. The van der Waals surface area contributed by atoms with E-state index in [1.54, 1.807) is 44.2 Å². The number of carbonyl (C=O) groups is 3. The van der Waals surface area contributed by atoms with Gasteiger partial charge in [-0.05, 0) is 56.4 Å². The molecule has 0 fully saturated rings. The number of ether oxygens (including phenoxy) is 2. The molecule has 0 aromatic heterocycles. The highest BCUT2D eigenvalue weighted by Crippen LogP contribution is 2.24. The first kappa shape index (κ1) is 35.5. The summed E-state index contributed by atoms with van der Waals surface area (Å²) in [5.74, 6) is -1.63. The number of aromatic hydroxyl groups is 1. The van der Waals surface area contributed by atoms with E-state index in [0.29, 0.717) is 31.4 Å². The van der Waals surface area contributed by atoms with Crippen molar-refractivity contribution in [2.45, 2.75) is 91.1 Å². The molecule has 1 heterocycles. The molecule has 43 heavy (non-hydrogen) atoms. The van der Waals surface area contributed by atoms with Crippen molar-refractivity contribution in [3.8, 4) is 5.75 Å². The zero-order chi connectivity index (χ0) is 31.9. The van der Waals surface area contributed by atoms with Gasteiger partial charge in [0, 0.05) is 37.1 Å². The number of phenolic OH excluding ortho intramolecular Hbond substituents is 1. The average molecular weight is 597 g/mol. The van der Waals surface area contributed by atoms with Gasteiger partial charge in [-0.25, -0.2) is 4.79 Å². The van der Waals surface area contributed by atoms with E-state index in [2.05, 4.69) is 10.6 Å². The molecular formula is C34H48N2O7. The molecule has 9 nitrogen and oxygen atoms in total. The van der Waals surface area contributed by atoms with Crippen molar-refractivity contribution >= 4 is 23.5 Å². The van der Waals surface area contributed by atoms with Gasteiger partial charge in [0.2, 0.25) is 11.8 Å². The van der Waals surface area contributed by atoms with Crippen LogP contribution in [0.4, 0.5) is 5.69 Å². The van der Waals surface area contributed by atoms with Crippen LogP contribution in [0.1, 0.15) is 65.9 Å². The summed E-state index contributed by atoms with van der Waals surface area (Å²) in [5.41, 5.74) is 2.04. The molecule has 2 bridgehead atoms. The first-order chi connectivity index (χ1) is 20.4. The SMILES string of the molecule is CCC(C)C(=O)N[C@H](C)C(=O)O[C@H]1C/C=C/C=C/C=C/[C@H](OC)CC(=O)Nc2cc(O)cc(c2)CC/C=C(/C)[C@H](O)[C@H]1C. The van der Waals surface area contributed by atoms with E-state index in [0.717, 1.165) is 11.1 Å². The quantitative estimate of drug-likeness (QED) is 0.264. The minimum Gasteiger partial charge on any atom is -0.508 e. The summed E-state index contributed by atoms with van der Waals surface area (Å²) in [6, 6.07) is 4.12. The number of methoxy groups -OCH3 is 1. The summed E-state index contributed by atoms with van der Waals surface area (Å²) < 4.78 is 11.3. The lowest BCUT2D eigenvalue weighted by Gasteiger charge is -2.29. The number of nitrogens with one attached hydrogen (secondary N) is 2. The van der Waals surface area contributed by atoms with Crippen LogP contribution in [0.2, 0.25) is 0 Å². The Morgan fingerprint density at radius 3 is 2.56 bits per heavy atom. The standard InChI is InChI=1S/C34H48N2O7/c1-7-22(2)33(40)35-25(5)34(41)43-30-17-12-10-8-9-11-16-29(42-6)21-31(38)36-27-18-26(19-28(37)20-27)15-13-14-23(3)32(39)24(30)4/h8-12,14,16,18-20,22,24-25,29-30,32,37,39H,7,13,15,17,21H2,1-6H3,(H,35,40)(H,36,38)/b9-8+,12-10+,16-11+,23-14-/t22?,24-,25+,29-,30-,32-/m0/s1. The van der Waals surface area contributed by atoms with Gasteiger partial charge in [0.05, 0.1) is 18.6 Å². The average Bonchev–Trinajstić information content (AvgIpc) is 2.96. The van der Waals surface area contributed by atoms with Crippen LogP contribution in [-0.4, -0.2) is 59.5 Å². The number of phenols is 1. The Morgan fingerprint density at radius 2 is 1.86 bits per heavy atom. The zero-order valence-corrected chi connectivity index (χ0v) is 26.2. The predicted molar refractivity (Wildman–Crippen MR) is 168 cm³/mol. The number of benzene rings is 1. The van der Waals surface area contributed by atoms with Crippen molar-refractivity contribution in [3.63, 3.8) is 0 Å². The van der Waals surface area contributed by atoms with Gasteiger partial charge >= 0.3 is 5.97 Å². The number of carbonyl (C=O) groups excluding carboxylic acids is 3. The molecule has 9 heteroatoms. The summed E-state index contributed by atoms with van der Waals surface area (Å²) >= 11 is 0. The summed E-state index contributed by atoms with van der Waals surface area (Å²) in [6.07, 6.45) is 13.0. The van der Waals surface area contributed by atoms with Crippen molar-refractivity contribution in [1.82, 2.24) is 5.32 Å². The normalized spacial score (nSPS) is 27.1. The third-order valence-electron chi connectivity index (χ3n) is 7.60. The molecule has 1 unspecified atom stereocenters. The molecule has 6 atom stereocenters. The molecule has 0 aliphatic carbocycles. The lowest BCUT2D eigenvalue weighted by molar-refractivity contribution is -0.156. The number of amides is 2. The first-order valence-corrected chi connectivity index (χ1v) is 15.0. The van der Waals surface area contributed by atoms with Crippen molar-refractivity contribution < 1.29 is 34.1 Å². The maximum absolute atomic E-state index is 13.0. The number of aryl methyl sites for hydroxylation is 1. The molecule has 2 rings (SSSR count). The smallest absolute Gasteiger partial charge is 0.328 e. The Labute approximate surface area is 255 Å². The Balaban J connectivity index is 2.31. The molecule has 0 saturated heterocycles. The van der Waals surface area contributed by atoms with Crippen LogP contribution in [-0.2, 0) is 30.3 Å². The molecule has 1 aromatic carbocycles. The fraction of sp³-hybridized carbons (Fsp3) is 0.500. The second-order valence-corrected chi connectivity index (χ2v) is 11.2. The number of fused-ring (bicyclic) bond motifs is 2. The Hall–Kier alpha value is -3.69. The molecule has 236 valence electrons. The van der Waals surface area contributed by atoms with Gasteiger partial charge in [-0.15, -0.1) is 0 Å². The van der Waals surface area contributed by atoms with Crippen LogP contribution in [0.5, 0.6) is 5.75 Å². The van der Waals surface area contributed by atoms with Gasteiger partial charge in [0.1, 0.15) is 17.9 Å². The number of hydrogen-bond donors (Lipinski definition) is 4. The van der Waals surface area contributed by atoms with Gasteiger partial charge in [0.15, 0.2) is 0 Å². The minimum absolute atomic E-state index is 0.0422. The maximum Gasteiger partial charge on any atom is 0.328 e. The van der Waals surface area contributed by atoms with Crippen LogP contribution in [0.3, 0.4) is 0 Å². The van der Waals surface area contributed by atoms with E-state index in [9.17, 15) is 24.6 Å². The monoisotopic (exact) mass is 596 g/mol. The summed E-state index contributed by atoms with van der Waals surface area (Å²) in [5, 5.41) is 27.0. The van der Waals surface area contributed by atoms with Crippen LogP contribution < -0.4 is 10.6 Å². The number of anilines is 1. The number of rotatable bonds is 6. The third kappa shape index (κ3) is 12.2. The predicted octanol–water partition coefficient (Wildman–Crippen LogP) is 5.15. The molecule has 1 aliphatic heterocycles. The Kier molecular flexibility index (Phi) is 14.9. The topological polar surface area (TPSA) is 134 Å². The summed E-state index contributed by atoms with van der Waals surface area (Å²) in [6.45, 7) is 8.96. The molecule has 0 spiro atoms. The molecular weight excluding hydrogens is 548 g/mol. The van der Waals surface area contributed by atoms with Crippen molar-refractivity contribution in [3.05, 3.63) is 71.9 Å². The molecule has 1 aliphatic rings. The maximum atomic E-state index is 13.0. The second kappa shape index (κ2) is 18.1.